The first kappa shape index (κ1) is 16.8. The van der Waals surface area contributed by atoms with Crippen LogP contribution in [0.2, 0.25) is 0 Å². The maximum Gasteiger partial charge on any atom is 0.317 e. The highest BCUT2D eigenvalue weighted by Gasteiger charge is 2.25. The summed E-state index contributed by atoms with van der Waals surface area (Å²) in [7, 11) is 0. The van der Waals surface area contributed by atoms with Crippen LogP contribution in [0, 0.1) is 11.8 Å². The van der Waals surface area contributed by atoms with Crippen molar-refractivity contribution >= 4 is 12.0 Å². The summed E-state index contributed by atoms with van der Waals surface area (Å²) in [5, 5.41) is 21.1. The van der Waals surface area contributed by atoms with E-state index in [2.05, 4.69) is 5.32 Å². The van der Waals surface area contributed by atoms with Crippen LogP contribution >= 0.6 is 0 Å². The summed E-state index contributed by atoms with van der Waals surface area (Å²) >= 11 is 0. The van der Waals surface area contributed by atoms with Gasteiger partial charge < -0.3 is 20.4 Å². The Kier molecular flexibility index (Phi) is 6.78. The van der Waals surface area contributed by atoms with Crippen LogP contribution < -0.4 is 5.32 Å². The molecule has 0 aliphatic carbocycles. The molecular weight excluding hydrogens is 260 g/mol. The van der Waals surface area contributed by atoms with Gasteiger partial charge in [-0.3, -0.25) is 4.79 Å². The molecule has 1 heterocycles. The van der Waals surface area contributed by atoms with Gasteiger partial charge in [-0.2, -0.15) is 0 Å². The summed E-state index contributed by atoms with van der Waals surface area (Å²) in [6, 6.07) is -0.127. The van der Waals surface area contributed by atoms with E-state index < -0.39 is 5.97 Å². The molecule has 2 unspecified atom stereocenters. The minimum Gasteiger partial charge on any atom is -0.481 e. The van der Waals surface area contributed by atoms with E-state index >= 15 is 0 Å². The van der Waals surface area contributed by atoms with Crippen LogP contribution in [-0.2, 0) is 4.79 Å². The second-order valence-corrected chi connectivity index (χ2v) is 5.62. The average molecular weight is 286 g/mol. The van der Waals surface area contributed by atoms with E-state index in [0.29, 0.717) is 19.6 Å². The zero-order valence-corrected chi connectivity index (χ0v) is 12.3. The van der Waals surface area contributed by atoms with Crippen molar-refractivity contribution < 1.29 is 19.8 Å². The molecule has 2 amide bonds. The van der Waals surface area contributed by atoms with Crippen molar-refractivity contribution in [2.75, 3.05) is 19.6 Å². The molecule has 3 N–H and O–H groups in total. The topological polar surface area (TPSA) is 89.9 Å². The number of piperidine rings is 1. The summed E-state index contributed by atoms with van der Waals surface area (Å²) < 4.78 is 0. The van der Waals surface area contributed by atoms with Gasteiger partial charge in [0.25, 0.3) is 0 Å². The first-order chi connectivity index (χ1) is 9.43. The molecule has 1 fully saturated rings. The molecule has 0 bridgehead atoms. The van der Waals surface area contributed by atoms with E-state index in [9.17, 15) is 14.7 Å². The van der Waals surface area contributed by atoms with Gasteiger partial charge in [-0.15, -0.1) is 0 Å². The standard InChI is InChI=1S/C14H26N2O4/c1-3-11(8-13(18)19)9-15-14(20)16-6-4-12(5-7-16)10(2)17/h10-12,17H,3-9H2,1-2H3,(H,15,20)(H,18,19). The second kappa shape index (κ2) is 8.09. The van der Waals surface area contributed by atoms with Crippen LogP contribution in [-0.4, -0.2) is 52.9 Å². The normalized spacial score (nSPS) is 19.4. The Balaban J connectivity index is 2.31. The van der Waals surface area contributed by atoms with Gasteiger partial charge in [0.1, 0.15) is 0 Å². The number of nitrogens with zero attached hydrogens (tertiary/aromatic N) is 1. The van der Waals surface area contributed by atoms with Crippen molar-refractivity contribution in [1.82, 2.24) is 10.2 Å². The lowest BCUT2D eigenvalue weighted by molar-refractivity contribution is -0.138. The number of aliphatic carboxylic acids is 1. The van der Waals surface area contributed by atoms with Gasteiger partial charge in [-0.25, -0.2) is 4.79 Å². The Morgan fingerprint density at radius 3 is 2.40 bits per heavy atom. The Bertz CT molecular complexity index is 325. The molecule has 2 atom stereocenters. The molecule has 0 aromatic rings. The smallest absolute Gasteiger partial charge is 0.317 e. The second-order valence-electron chi connectivity index (χ2n) is 5.62. The zero-order valence-electron chi connectivity index (χ0n) is 12.3. The molecule has 0 spiro atoms. The molecule has 1 saturated heterocycles. The van der Waals surface area contributed by atoms with Crippen LogP contribution in [0.1, 0.15) is 39.5 Å². The number of nitrogens with one attached hydrogen (secondary N) is 1. The van der Waals surface area contributed by atoms with Gasteiger partial charge in [-0.1, -0.05) is 13.3 Å². The van der Waals surface area contributed by atoms with E-state index in [1.807, 2.05) is 6.92 Å². The summed E-state index contributed by atoms with van der Waals surface area (Å²) in [6.07, 6.45) is 2.13. The van der Waals surface area contributed by atoms with E-state index in [1.54, 1.807) is 11.8 Å². The highest BCUT2D eigenvalue weighted by molar-refractivity contribution is 5.74. The van der Waals surface area contributed by atoms with E-state index in [-0.39, 0.29) is 30.4 Å². The highest BCUT2D eigenvalue weighted by Crippen LogP contribution is 2.20. The summed E-state index contributed by atoms with van der Waals surface area (Å²) in [5.74, 6) is -0.579. The van der Waals surface area contributed by atoms with Crippen molar-refractivity contribution in [1.29, 1.82) is 0 Å². The molecule has 6 heteroatoms. The molecule has 0 radical (unpaired) electrons. The van der Waals surface area contributed by atoms with Gasteiger partial charge >= 0.3 is 12.0 Å². The van der Waals surface area contributed by atoms with E-state index in [0.717, 1.165) is 19.3 Å². The number of rotatable bonds is 6. The fraction of sp³-hybridized carbons (Fsp3) is 0.857. The molecule has 1 aliphatic rings. The number of hydrogen-bond donors (Lipinski definition) is 3. The number of carboxylic acid groups (broad SMARTS) is 1. The first-order valence-corrected chi connectivity index (χ1v) is 7.36. The third kappa shape index (κ3) is 5.36. The first-order valence-electron chi connectivity index (χ1n) is 7.36. The van der Waals surface area contributed by atoms with Gasteiger partial charge in [0.2, 0.25) is 0 Å². The summed E-state index contributed by atoms with van der Waals surface area (Å²) in [6.45, 7) is 5.41. The molecule has 0 saturated carbocycles. The summed E-state index contributed by atoms with van der Waals surface area (Å²) in [4.78, 5) is 24.4. The fourth-order valence-corrected chi connectivity index (χ4v) is 2.54. The molecule has 116 valence electrons. The van der Waals surface area contributed by atoms with Crippen LogP contribution in [0.5, 0.6) is 0 Å². The van der Waals surface area contributed by atoms with Crippen LogP contribution in [0.3, 0.4) is 0 Å². The third-order valence-corrected chi connectivity index (χ3v) is 4.09. The number of likely N-dealkylation sites (tertiary alicyclic amines) is 1. The van der Waals surface area contributed by atoms with Crippen molar-refractivity contribution in [3.8, 4) is 0 Å². The van der Waals surface area contributed by atoms with Crippen LogP contribution in [0.25, 0.3) is 0 Å². The molecule has 0 aromatic carbocycles. The fourth-order valence-electron chi connectivity index (χ4n) is 2.54. The minimum absolute atomic E-state index is 0.0218. The molecule has 20 heavy (non-hydrogen) atoms. The maximum absolute atomic E-state index is 12.0. The minimum atomic E-state index is -0.830. The quantitative estimate of drug-likeness (QED) is 0.686. The molecule has 6 nitrogen and oxygen atoms in total. The van der Waals surface area contributed by atoms with Crippen molar-refractivity contribution in [3.63, 3.8) is 0 Å². The molecule has 1 aliphatic heterocycles. The number of urea groups is 1. The zero-order chi connectivity index (χ0) is 15.1. The van der Waals surface area contributed by atoms with Crippen molar-refractivity contribution in [2.45, 2.75) is 45.6 Å². The molecule has 0 aromatic heterocycles. The number of hydrogen-bond acceptors (Lipinski definition) is 3. The Labute approximate surface area is 120 Å². The lowest BCUT2D eigenvalue weighted by atomic mass is 9.92. The SMILES string of the molecule is CCC(CNC(=O)N1CCC(C(C)O)CC1)CC(=O)O. The summed E-state index contributed by atoms with van der Waals surface area (Å²) in [5.41, 5.74) is 0. The maximum atomic E-state index is 12.0. The Morgan fingerprint density at radius 2 is 1.95 bits per heavy atom. The number of aliphatic hydroxyl groups excluding tert-OH is 1. The molecule has 1 rings (SSSR count). The van der Waals surface area contributed by atoms with Crippen LogP contribution in [0.4, 0.5) is 4.79 Å². The monoisotopic (exact) mass is 286 g/mol. The largest absolute Gasteiger partial charge is 0.481 e. The lowest BCUT2D eigenvalue weighted by Crippen LogP contribution is -2.46. The molecular formula is C14H26N2O4. The third-order valence-electron chi connectivity index (χ3n) is 4.09. The van der Waals surface area contributed by atoms with Gasteiger partial charge in [-0.05, 0) is 31.6 Å². The van der Waals surface area contributed by atoms with Gasteiger partial charge in [0.15, 0.2) is 0 Å². The number of amides is 2. The van der Waals surface area contributed by atoms with Gasteiger partial charge in [0, 0.05) is 26.1 Å². The van der Waals surface area contributed by atoms with Crippen LogP contribution in [0.15, 0.2) is 0 Å². The number of aliphatic hydroxyl groups is 1. The Morgan fingerprint density at radius 1 is 1.35 bits per heavy atom. The van der Waals surface area contributed by atoms with Crippen molar-refractivity contribution in [2.24, 2.45) is 11.8 Å². The number of carbonyl (C=O) groups excluding carboxylic acids is 1. The lowest BCUT2D eigenvalue weighted by Gasteiger charge is -2.33. The highest BCUT2D eigenvalue weighted by atomic mass is 16.4. The Hall–Kier alpha value is -1.30. The number of carbonyl (C=O) groups is 2. The van der Waals surface area contributed by atoms with E-state index in [1.165, 1.54) is 0 Å². The van der Waals surface area contributed by atoms with Crippen molar-refractivity contribution in [3.05, 3.63) is 0 Å². The predicted octanol–water partition coefficient (Wildman–Crippen LogP) is 1.29. The van der Waals surface area contributed by atoms with E-state index in [4.69, 9.17) is 5.11 Å². The number of carboxylic acids is 1. The van der Waals surface area contributed by atoms with Gasteiger partial charge in [0.05, 0.1) is 6.10 Å². The average Bonchev–Trinajstić information content (AvgIpc) is 2.42. The predicted molar refractivity (Wildman–Crippen MR) is 75.4 cm³/mol.